The van der Waals surface area contributed by atoms with Crippen LogP contribution in [0.4, 0.5) is 11.4 Å². The van der Waals surface area contributed by atoms with E-state index in [1.807, 2.05) is 41.8 Å². The molecule has 3 aromatic rings. The molecule has 0 unspecified atom stereocenters. The Hall–Kier alpha value is -3.40. The first kappa shape index (κ1) is 21.8. The molecular weight excluding hydrogens is 424 g/mol. The van der Waals surface area contributed by atoms with Gasteiger partial charge in [-0.2, -0.15) is 5.10 Å². The minimum Gasteiger partial charge on any atom is -0.397 e. The van der Waals surface area contributed by atoms with E-state index in [1.54, 1.807) is 29.5 Å². The maximum atomic E-state index is 12.9. The fourth-order valence-electron chi connectivity index (χ4n) is 4.08. The first-order valence-electron chi connectivity index (χ1n) is 10.3. The molecule has 8 N–H and O–H groups in total. The summed E-state index contributed by atoms with van der Waals surface area (Å²) < 4.78 is 5.52. The molecule has 0 radical (unpaired) electrons. The van der Waals surface area contributed by atoms with Gasteiger partial charge in [-0.1, -0.05) is 24.3 Å². The van der Waals surface area contributed by atoms with Crippen molar-refractivity contribution in [3.63, 3.8) is 0 Å². The van der Waals surface area contributed by atoms with E-state index in [0.29, 0.717) is 48.8 Å². The van der Waals surface area contributed by atoms with Gasteiger partial charge >= 0.3 is 0 Å². The minimum absolute atomic E-state index is 0.239. The number of nitrogens with one attached hydrogen (secondary N) is 2. The van der Waals surface area contributed by atoms with Gasteiger partial charge in [0.2, 0.25) is 0 Å². The van der Waals surface area contributed by atoms with E-state index in [9.17, 15) is 4.79 Å². The number of benzene rings is 2. The highest BCUT2D eigenvalue weighted by molar-refractivity contribution is 7.13. The number of carbonyl (C=O) groups is 1. The molecule has 166 valence electrons. The molecule has 0 saturated carbocycles. The minimum atomic E-state index is -0.476. The molecule has 0 spiro atoms. The maximum absolute atomic E-state index is 12.9. The molecule has 4 rings (SSSR count). The maximum Gasteiger partial charge on any atom is 0.255 e. The number of thiophene rings is 1. The Bertz CT molecular complexity index is 1110. The molecule has 1 amide bonds. The van der Waals surface area contributed by atoms with E-state index >= 15 is 0 Å². The zero-order chi connectivity index (χ0) is 22.6. The number of hydrogen-bond acceptors (Lipinski definition) is 7. The van der Waals surface area contributed by atoms with Crippen molar-refractivity contribution in [3.8, 4) is 10.4 Å². The van der Waals surface area contributed by atoms with Crippen LogP contribution in [0.5, 0.6) is 0 Å². The third-order valence-electron chi connectivity index (χ3n) is 5.87. The fourth-order valence-corrected chi connectivity index (χ4v) is 4.80. The van der Waals surface area contributed by atoms with Gasteiger partial charge in [-0.15, -0.1) is 11.3 Å². The van der Waals surface area contributed by atoms with Gasteiger partial charge in [0.1, 0.15) is 5.84 Å². The molecule has 1 aliphatic heterocycles. The molecule has 2 aromatic carbocycles. The lowest BCUT2D eigenvalue weighted by Crippen LogP contribution is -2.51. The van der Waals surface area contributed by atoms with Gasteiger partial charge in [-0.25, -0.2) is 5.84 Å². The monoisotopic (exact) mass is 450 g/mol. The summed E-state index contributed by atoms with van der Waals surface area (Å²) in [7, 11) is 0. The highest BCUT2D eigenvalue weighted by Crippen LogP contribution is 2.36. The smallest absolute Gasteiger partial charge is 0.255 e. The normalized spacial score (nSPS) is 15.8. The van der Waals surface area contributed by atoms with Crippen molar-refractivity contribution in [1.82, 2.24) is 5.43 Å². The molecule has 1 saturated heterocycles. The molecule has 1 fully saturated rings. The van der Waals surface area contributed by atoms with Crippen LogP contribution >= 0.6 is 11.3 Å². The van der Waals surface area contributed by atoms with Gasteiger partial charge in [0.25, 0.3) is 5.91 Å². The van der Waals surface area contributed by atoms with E-state index < -0.39 is 5.41 Å². The molecule has 9 heteroatoms. The first-order valence-corrected chi connectivity index (χ1v) is 11.1. The van der Waals surface area contributed by atoms with Gasteiger partial charge in [-0.05, 0) is 59.7 Å². The summed E-state index contributed by atoms with van der Waals surface area (Å²) in [5.74, 6) is 11.5. The largest absolute Gasteiger partial charge is 0.397 e. The Morgan fingerprint density at radius 1 is 1.09 bits per heavy atom. The van der Waals surface area contributed by atoms with Crippen molar-refractivity contribution in [3.05, 3.63) is 71.1 Å². The molecule has 8 nitrogen and oxygen atoms in total. The van der Waals surface area contributed by atoms with Crippen molar-refractivity contribution in [2.45, 2.75) is 18.3 Å². The van der Waals surface area contributed by atoms with E-state index in [0.717, 1.165) is 16.0 Å². The number of nitrogens with zero attached hydrogens (tertiary/aromatic N) is 1. The van der Waals surface area contributed by atoms with Crippen molar-refractivity contribution < 1.29 is 9.53 Å². The second kappa shape index (κ2) is 9.39. The van der Waals surface area contributed by atoms with E-state index in [2.05, 4.69) is 15.8 Å². The SMILES string of the molecule is N/N=C(\NN)C1(c2ccc(C(=O)Nc3cc(-c4cccs4)ccc3N)cc2)CCOCC1. The summed E-state index contributed by atoms with van der Waals surface area (Å²) in [5.41, 5.74) is 11.8. The van der Waals surface area contributed by atoms with Gasteiger partial charge in [0.05, 0.1) is 16.8 Å². The van der Waals surface area contributed by atoms with Crippen molar-refractivity contribution in [2.75, 3.05) is 24.3 Å². The summed E-state index contributed by atoms with van der Waals surface area (Å²) in [6, 6.07) is 17.0. The zero-order valence-electron chi connectivity index (χ0n) is 17.5. The lowest BCUT2D eigenvalue weighted by Gasteiger charge is -2.37. The number of nitrogens with two attached hydrogens (primary N) is 3. The van der Waals surface area contributed by atoms with Crippen LogP contribution in [-0.4, -0.2) is 25.0 Å². The second-order valence-electron chi connectivity index (χ2n) is 7.63. The number of hydrazine groups is 1. The number of amidine groups is 1. The Labute approximate surface area is 190 Å². The zero-order valence-corrected chi connectivity index (χ0v) is 18.3. The second-order valence-corrected chi connectivity index (χ2v) is 8.58. The topological polar surface area (TPSA) is 141 Å². The van der Waals surface area contributed by atoms with Crippen LogP contribution in [0.1, 0.15) is 28.8 Å². The summed E-state index contributed by atoms with van der Waals surface area (Å²) in [4.78, 5) is 14.0. The molecule has 0 bridgehead atoms. The first-order chi connectivity index (χ1) is 15.6. The van der Waals surface area contributed by atoms with Crippen LogP contribution in [0.2, 0.25) is 0 Å². The van der Waals surface area contributed by atoms with Crippen LogP contribution in [0.3, 0.4) is 0 Å². The standard InChI is InChI=1S/C23H26N6O2S/c24-18-8-5-16(20-2-1-13-32-20)14-19(18)27-21(30)15-3-6-17(7-4-15)23(22(28-25)29-26)9-11-31-12-10-23/h1-8,13-14H,9-12,24-26H2,(H,27,30)(H,28,29). The number of anilines is 2. The average Bonchev–Trinajstić information content (AvgIpc) is 3.37. The predicted octanol–water partition coefficient (Wildman–Crippen LogP) is 3.03. The number of nitrogen functional groups attached to an aromatic ring is 1. The summed E-state index contributed by atoms with van der Waals surface area (Å²) >= 11 is 1.63. The molecular formula is C23H26N6O2S. The molecule has 0 atom stereocenters. The van der Waals surface area contributed by atoms with E-state index in [-0.39, 0.29) is 5.91 Å². The Balaban J connectivity index is 1.57. The lowest BCUT2D eigenvalue weighted by molar-refractivity contribution is 0.0698. The highest BCUT2D eigenvalue weighted by atomic mass is 32.1. The molecule has 0 aliphatic carbocycles. The average molecular weight is 451 g/mol. The van der Waals surface area contributed by atoms with Crippen molar-refractivity contribution in [1.29, 1.82) is 0 Å². The van der Waals surface area contributed by atoms with Crippen LogP contribution in [0.15, 0.2) is 65.1 Å². The highest BCUT2D eigenvalue weighted by Gasteiger charge is 2.39. The number of rotatable bonds is 5. The predicted molar refractivity (Wildman–Crippen MR) is 129 cm³/mol. The van der Waals surface area contributed by atoms with Gasteiger partial charge in [0, 0.05) is 23.7 Å². The molecule has 1 aromatic heterocycles. The quantitative estimate of drug-likeness (QED) is 0.133. The van der Waals surface area contributed by atoms with Crippen LogP contribution in [-0.2, 0) is 10.2 Å². The van der Waals surface area contributed by atoms with E-state index in [4.69, 9.17) is 22.2 Å². The van der Waals surface area contributed by atoms with Gasteiger partial charge < -0.3 is 27.1 Å². The van der Waals surface area contributed by atoms with Crippen LogP contribution in [0.25, 0.3) is 10.4 Å². The Morgan fingerprint density at radius 3 is 2.47 bits per heavy atom. The van der Waals surface area contributed by atoms with Crippen LogP contribution in [0, 0.1) is 0 Å². The Kier molecular flexibility index (Phi) is 6.40. The third-order valence-corrected chi connectivity index (χ3v) is 6.79. The number of carbonyl (C=O) groups excluding carboxylic acids is 1. The van der Waals surface area contributed by atoms with E-state index in [1.165, 1.54) is 0 Å². The number of hydrazone groups is 1. The number of amides is 1. The fraction of sp³-hybridized carbons (Fsp3) is 0.217. The summed E-state index contributed by atoms with van der Waals surface area (Å²) in [6.45, 7) is 1.14. The summed E-state index contributed by atoms with van der Waals surface area (Å²) in [5, 5.41) is 8.80. The van der Waals surface area contributed by atoms with Crippen LogP contribution < -0.4 is 28.2 Å². The lowest BCUT2D eigenvalue weighted by atomic mass is 9.73. The Morgan fingerprint density at radius 2 is 1.84 bits per heavy atom. The molecule has 2 heterocycles. The number of ether oxygens (including phenoxy) is 1. The molecule has 1 aliphatic rings. The van der Waals surface area contributed by atoms with Crippen molar-refractivity contribution in [2.24, 2.45) is 16.8 Å². The number of hydrogen-bond donors (Lipinski definition) is 5. The van der Waals surface area contributed by atoms with Gasteiger partial charge in [-0.3, -0.25) is 4.79 Å². The third kappa shape index (κ3) is 4.18. The van der Waals surface area contributed by atoms with Gasteiger partial charge in [0.15, 0.2) is 0 Å². The summed E-state index contributed by atoms with van der Waals surface area (Å²) in [6.07, 6.45) is 1.37. The van der Waals surface area contributed by atoms with Crippen molar-refractivity contribution >= 4 is 34.5 Å². The molecule has 32 heavy (non-hydrogen) atoms.